The van der Waals surface area contributed by atoms with Gasteiger partial charge in [0.25, 0.3) is 0 Å². The molecule has 88 valence electrons. The lowest BCUT2D eigenvalue weighted by Gasteiger charge is -2.09. The maximum absolute atomic E-state index is 11.4. The van der Waals surface area contributed by atoms with E-state index in [1.54, 1.807) is 24.4 Å². The monoisotopic (exact) mass is 242 g/mol. The highest BCUT2D eigenvalue weighted by atomic mass is 32.2. The van der Waals surface area contributed by atoms with Gasteiger partial charge in [-0.1, -0.05) is 6.07 Å². The summed E-state index contributed by atoms with van der Waals surface area (Å²) in [5.74, 6) is -0.506. The topological polar surface area (TPSA) is 76.1 Å². The summed E-state index contributed by atoms with van der Waals surface area (Å²) in [4.78, 5) is 15.5. The Hall–Kier alpha value is -1.43. The van der Waals surface area contributed by atoms with Crippen LogP contribution in [-0.4, -0.2) is 30.8 Å². The van der Waals surface area contributed by atoms with Crippen LogP contribution in [0.2, 0.25) is 0 Å². The van der Waals surface area contributed by atoms with Crippen molar-refractivity contribution in [1.29, 1.82) is 0 Å². The van der Waals surface area contributed by atoms with E-state index in [0.29, 0.717) is 5.69 Å². The van der Waals surface area contributed by atoms with Gasteiger partial charge in [-0.15, -0.1) is 0 Å². The summed E-state index contributed by atoms with van der Waals surface area (Å²) in [6.45, 7) is 1.60. The zero-order valence-electron chi connectivity index (χ0n) is 9.17. The first kappa shape index (κ1) is 12.6. The molecule has 0 bridgehead atoms. The van der Waals surface area contributed by atoms with E-state index in [2.05, 4.69) is 10.3 Å². The van der Waals surface area contributed by atoms with Gasteiger partial charge in [0.15, 0.2) is 9.84 Å². The van der Waals surface area contributed by atoms with Crippen molar-refractivity contribution >= 4 is 15.7 Å². The van der Waals surface area contributed by atoms with Gasteiger partial charge < -0.3 is 5.32 Å². The molecule has 0 fully saturated rings. The van der Waals surface area contributed by atoms with Gasteiger partial charge in [-0.2, -0.15) is 0 Å². The van der Waals surface area contributed by atoms with Crippen molar-refractivity contribution in [3.63, 3.8) is 0 Å². The molecule has 1 heterocycles. The quantitative estimate of drug-likeness (QED) is 0.814. The molecule has 0 radical (unpaired) electrons. The van der Waals surface area contributed by atoms with Crippen LogP contribution in [0.3, 0.4) is 0 Å². The number of rotatable bonds is 4. The van der Waals surface area contributed by atoms with Crippen LogP contribution in [0.5, 0.6) is 0 Å². The van der Waals surface area contributed by atoms with Crippen LogP contribution >= 0.6 is 0 Å². The van der Waals surface area contributed by atoms with E-state index in [9.17, 15) is 13.2 Å². The number of hydrogen-bond acceptors (Lipinski definition) is 4. The van der Waals surface area contributed by atoms with Crippen LogP contribution in [0.4, 0.5) is 0 Å². The Kier molecular flexibility index (Phi) is 4.00. The molecule has 1 N–H and O–H groups in total. The zero-order valence-corrected chi connectivity index (χ0v) is 9.99. The smallest absolute Gasteiger partial charge is 0.238 e. The van der Waals surface area contributed by atoms with Crippen LogP contribution in [0.15, 0.2) is 24.4 Å². The molecule has 0 aliphatic heterocycles. The molecule has 1 amide bonds. The molecule has 1 atom stereocenters. The molecular weight excluding hydrogens is 228 g/mol. The van der Waals surface area contributed by atoms with Crippen molar-refractivity contribution in [3.8, 4) is 0 Å². The van der Waals surface area contributed by atoms with E-state index >= 15 is 0 Å². The maximum Gasteiger partial charge on any atom is 0.238 e. The van der Waals surface area contributed by atoms with Crippen molar-refractivity contribution in [2.75, 3.05) is 6.26 Å². The Bertz CT molecular complexity index is 456. The highest BCUT2D eigenvalue weighted by molar-refractivity contribution is 7.92. The average Bonchev–Trinajstić information content (AvgIpc) is 2.25. The van der Waals surface area contributed by atoms with Crippen LogP contribution in [0, 0.1) is 0 Å². The van der Waals surface area contributed by atoms with E-state index in [1.807, 2.05) is 0 Å². The minimum Gasteiger partial charge on any atom is -0.349 e. The molecule has 0 unspecified atom stereocenters. The fourth-order valence-electron chi connectivity index (χ4n) is 1.02. The molecule has 0 saturated heterocycles. The Morgan fingerprint density at radius 1 is 1.50 bits per heavy atom. The first-order chi connectivity index (χ1) is 7.41. The second-order valence-corrected chi connectivity index (χ2v) is 5.88. The summed E-state index contributed by atoms with van der Waals surface area (Å²) in [6.07, 6.45) is 2.65. The van der Waals surface area contributed by atoms with Crippen molar-refractivity contribution in [2.24, 2.45) is 0 Å². The summed E-state index contributed by atoms with van der Waals surface area (Å²) in [6, 6.07) is 5.32. The van der Waals surface area contributed by atoms with Crippen LogP contribution in [-0.2, 0) is 21.2 Å². The summed E-state index contributed by atoms with van der Waals surface area (Å²) in [7, 11) is -3.34. The van der Waals surface area contributed by atoms with Gasteiger partial charge in [0.1, 0.15) is 5.25 Å². The maximum atomic E-state index is 11.4. The molecule has 0 saturated carbocycles. The van der Waals surface area contributed by atoms with Gasteiger partial charge in [-0.3, -0.25) is 9.78 Å². The largest absolute Gasteiger partial charge is 0.349 e. The molecule has 1 aromatic heterocycles. The molecule has 0 spiro atoms. The minimum absolute atomic E-state index is 0.236. The number of carbonyl (C=O) groups is 1. The van der Waals surface area contributed by atoms with Gasteiger partial charge in [0.05, 0.1) is 12.2 Å². The standard InChI is InChI=1S/C10H14N2O3S/c1-8(16(2,14)15)10(13)12-7-9-5-3-4-6-11-9/h3-6,8H,7H2,1-2H3,(H,12,13)/t8-/m0/s1. The predicted octanol–water partition coefficient (Wildman–Crippen LogP) is 0.131. The van der Waals surface area contributed by atoms with Gasteiger partial charge in [-0.05, 0) is 19.1 Å². The molecule has 5 nitrogen and oxygen atoms in total. The summed E-state index contributed by atoms with van der Waals surface area (Å²) in [5.41, 5.74) is 0.691. The van der Waals surface area contributed by atoms with Gasteiger partial charge in [-0.25, -0.2) is 8.42 Å². The lowest BCUT2D eigenvalue weighted by Crippen LogP contribution is -2.37. The molecule has 1 aromatic rings. The Labute approximate surface area is 94.8 Å². The number of pyridine rings is 1. The van der Waals surface area contributed by atoms with Gasteiger partial charge in [0.2, 0.25) is 5.91 Å². The SMILES string of the molecule is C[C@@H](C(=O)NCc1ccccn1)S(C)(=O)=O. The highest BCUT2D eigenvalue weighted by Crippen LogP contribution is 1.99. The fourth-order valence-corrected chi connectivity index (χ4v) is 1.49. The van der Waals surface area contributed by atoms with Crippen molar-refractivity contribution < 1.29 is 13.2 Å². The fraction of sp³-hybridized carbons (Fsp3) is 0.400. The zero-order chi connectivity index (χ0) is 12.2. The Balaban J connectivity index is 2.54. The van der Waals surface area contributed by atoms with E-state index in [-0.39, 0.29) is 6.54 Å². The second kappa shape index (κ2) is 5.07. The Morgan fingerprint density at radius 3 is 2.69 bits per heavy atom. The lowest BCUT2D eigenvalue weighted by molar-refractivity contribution is -0.120. The molecule has 0 aromatic carbocycles. The van der Waals surface area contributed by atoms with E-state index in [1.165, 1.54) is 6.92 Å². The summed E-state index contributed by atoms with van der Waals surface area (Å²) < 4.78 is 22.2. The predicted molar refractivity (Wildman–Crippen MR) is 60.4 cm³/mol. The third-order valence-electron chi connectivity index (χ3n) is 2.18. The molecule has 6 heteroatoms. The van der Waals surface area contributed by atoms with Crippen molar-refractivity contribution in [3.05, 3.63) is 30.1 Å². The molecular formula is C10H14N2O3S. The van der Waals surface area contributed by atoms with Crippen molar-refractivity contribution in [2.45, 2.75) is 18.7 Å². The van der Waals surface area contributed by atoms with Crippen LogP contribution < -0.4 is 5.32 Å². The number of hydrogen-bond donors (Lipinski definition) is 1. The van der Waals surface area contributed by atoms with Gasteiger partial charge >= 0.3 is 0 Å². The molecule has 1 rings (SSSR count). The van der Waals surface area contributed by atoms with Crippen LogP contribution in [0.1, 0.15) is 12.6 Å². The number of carbonyl (C=O) groups excluding carboxylic acids is 1. The third-order valence-corrected chi connectivity index (χ3v) is 3.68. The highest BCUT2D eigenvalue weighted by Gasteiger charge is 2.22. The summed E-state index contributed by atoms with van der Waals surface area (Å²) >= 11 is 0. The first-order valence-corrected chi connectivity index (χ1v) is 6.73. The van der Waals surface area contributed by atoms with Gasteiger partial charge in [0, 0.05) is 12.5 Å². The molecule has 0 aliphatic rings. The third kappa shape index (κ3) is 3.62. The number of amides is 1. The number of aromatic nitrogens is 1. The van der Waals surface area contributed by atoms with E-state index < -0.39 is 21.0 Å². The first-order valence-electron chi connectivity index (χ1n) is 4.78. The Morgan fingerprint density at radius 2 is 2.19 bits per heavy atom. The van der Waals surface area contributed by atoms with Crippen LogP contribution in [0.25, 0.3) is 0 Å². The summed E-state index contributed by atoms with van der Waals surface area (Å²) in [5, 5.41) is 1.49. The molecule has 0 aliphatic carbocycles. The van der Waals surface area contributed by atoms with Crippen molar-refractivity contribution in [1.82, 2.24) is 10.3 Å². The second-order valence-electron chi connectivity index (χ2n) is 3.51. The number of nitrogens with one attached hydrogen (secondary N) is 1. The average molecular weight is 242 g/mol. The number of sulfone groups is 1. The number of nitrogens with zero attached hydrogens (tertiary/aromatic N) is 1. The van der Waals surface area contributed by atoms with E-state index in [4.69, 9.17) is 0 Å². The normalized spacial score (nSPS) is 13.1. The lowest BCUT2D eigenvalue weighted by atomic mass is 10.3. The van der Waals surface area contributed by atoms with E-state index in [0.717, 1.165) is 6.26 Å². The minimum atomic E-state index is -3.34. The molecule has 16 heavy (non-hydrogen) atoms.